The number of rotatable bonds is 6. The number of hydrogen-bond donors (Lipinski definition) is 1. The summed E-state index contributed by atoms with van der Waals surface area (Å²) in [5, 5.41) is 7.55. The fourth-order valence-electron chi connectivity index (χ4n) is 3.89. The van der Waals surface area contributed by atoms with Gasteiger partial charge >= 0.3 is 0 Å². The molecule has 1 saturated carbocycles. The summed E-state index contributed by atoms with van der Waals surface area (Å²) in [5.41, 5.74) is 1.01. The van der Waals surface area contributed by atoms with E-state index in [0.29, 0.717) is 0 Å². The van der Waals surface area contributed by atoms with Crippen molar-refractivity contribution in [2.75, 3.05) is 39.8 Å². The second-order valence-electron chi connectivity index (χ2n) is 7.02. The topological polar surface area (TPSA) is 56.9 Å². The Kier molecular flexibility index (Phi) is 6.52. The first-order valence-electron chi connectivity index (χ1n) is 9.42. The Labute approximate surface area is 145 Å². The van der Waals surface area contributed by atoms with E-state index >= 15 is 0 Å². The van der Waals surface area contributed by atoms with Gasteiger partial charge in [-0.1, -0.05) is 30.8 Å². The molecule has 6 nitrogen and oxygen atoms in total. The maximum absolute atomic E-state index is 4.91. The Morgan fingerprint density at radius 1 is 1.29 bits per heavy atom. The molecule has 3 rings (SSSR count). The molecule has 1 aromatic heterocycles. The van der Waals surface area contributed by atoms with E-state index in [1.54, 1.807) is 6.26 Å². The summed E-state index contributed by atoms with van der Waals surface area (Å²) in [6, 6.07) is 1.94. The fourth-order valence-corrected chi connectivity index (χ4v) is 3.89. The van der Waals surface area contributed by atoms with Crippen molar-refractivity contribution < 1.29 is 4.52 Å². The molecule has 1 saturated heterocycles. The van der Waals surface area contributed by atoms with Gasteiger partial charge < -0.3 is 14.7 Å². The van der Waals surface area contributed by atoms with Crippen LogP contribution in [0.3, 0.4) is 0 Å². The first-order chi connectivity index (χ1) is 11.8. The van der Waals surface area contributed by atoms with Gasteiger partial charge in [0, 0.05) is 52.4 Å². The molecule has 1 aliphatic heterocycles. The molecule has 0 atom stereocenters. The van der Waals surface area contributed by atoms with Gasteiger partial charge in [0.2, 0.25) is 0 Å². The Bertz CT molecular complexity index is 488. The third-order valence-electron chi connectivity index (χ3n) is 5.31. The number of aromatic nitrogens is 1. The van der Waals surface area contributed by atoms with Crippen molar-refractivity contribution in [1.82, 2.24) is 20.3 Å². The first-order valence-corrected chi connectivity index (χ1v) is 9.42. The molecule has 134 valence electrons. The maximum Gasteiger partial charge on any atom is 0.193 e. The van der Waals surface area contributed by atoms with Gasteiger partial charge in [-0.3, -0.25) is 9.89 Å². The number of nitrogens with one attached hydrogen (secondary N) is 1. The fraction of sp³-hybridized carbons (Fsp3) is 0.778. The van der Waals surface area contributed by atoms with Gasteiger partial charge in [0.1, 0.15) is 6.26 Å². The molecule has 1 aliphatic carbocycles. The highest BCUT2D eigenvalue weighted by Crippen LogP contribution is 2.28. The van der Waals surface area contributed by atoms with Crippen LogP contribution in [-0.4, -0.2) is 60.7 Å². The summed E-state index contributed by atoms with van der Waals surface area (Å²) >= 11 is 0. The van der Waals surface area contributed by atoms with Crippen molar-refractivity contribution >= 4 is 5.96 Å². The maximum atomic E-state index is 4.91. The Balaban J connectivity index is 1.34. The smallest absolute Gasteiger partial charge is 0.193 e. The Morgan fingerprint density at radius 3 is 2.75 bits per heavy atom. The van der Waals surface area contributed by atoms with E-state index in [9.17, 15) is 0 Å². The van der Waals surface area contributed by atoms with E-state index < -0.39 is 0 Å². The number of hydrogen-bond acceptors (Lipinski definition) is 4. The highest BCUT2D eigenvalue weighted by Gasteiger charge is 2.20. The third kappa shape index (κ3) is 4.97. The molecular formula is C18H31N5O. The monoisotopic (exact) mass is 333 g/mol. The minimum Gasteiger partial charge on any atom is -0.364 e. The minimum atomic E-state index is 0.873. The molecule has 0 spiro atoms. The predicted octanol–water partition coefficient (Wildman–Crippen LogP) is 2.34. The molecule has 2 heterocycles. The van der Waals surface area contributed by atoms with Crippen LogP contribution in [0.2, 0.25) is 0 Å². The largest absolute Gasteiger partial charge is 0.364 e. The van der Waals surface area contributed by atoms with Crippen LogP contribution in [-0.2, 0) is 6.54 Å². The summed E-state index contributed by atoms with van der Waals surface area (Å²) in [6.07, 6.45) is 10.1. The van der Waals surface area contributed by atoms with Crippen LogP contribution >= 0.6 is 0 Å². The Hall–Kier alpha value is -1.56. The highest BCUT2D eigenvalue weighted by molar-refractivity contribution is 5.79. The molecule has 0 unspecified atom stereocenters. The predicted molar refractivity (Wildman–Crippen MR) is 95.9 cm³/mol. The molecule has 2 fully saturated rings. The van der Waals surface area contributed by atoms with Gasteiger partial charge in [0.25, 0.3) is 0 Å². The number of guanidine groups is 1. The normalized spacial score (nSPS) is 20.7. The zero-order valence-electron chi connectivity index (χ0n) is 14.9. The van der Waals surface area contributed by atoms with E-state index in [-0.39, 0.29) is 0 Å². The van der Waals surface area contributed by atoms with Crippen LogP contribution in [0.1, 0.15) is 44.2 Å². The Morgan fingerprint density at radius 2 is 2.08 bits per heavy atom. The first kappa shape index (κ1) is 17.3. The molecule has 1 aromatic rings. The molecule has 0 aromatic carbocycles. The van der Waals surface area contributed by atoms with Crippen LogP contribution < -0.4 is 5.32 Å². The van der Waals surface area contributed by atoms with Crippen molar-refractivity contribution in [1.29, 1.82) is 0 Å². The van der Waals surface area contributed by atoms with Gasteiger partial charge in [-0.25, -0.2) is 0 Å². The standard InChI is InChI=1S/C18H31N5O/c1-19-18(20-9-4-7-16-5-2-3-6-16)23-12-10-22(11-13-23)15-17-8-14-24-21-17/h8,14,16H,2-7,9-13,15H2,1H3,(H,19,20). The molecular weight excluding hydrogens is 302 g/mol. The minimum absolute atomic E-state index is 0.873. The third-order valence-corrected chi connectivity index (χ3v) is 5.31. The van der Waals surface area contributed by atoms with Crippen molar-refractivity contribution in [2.45, 2.75) is 45.1 Å². The quantitative estimate of drug-likeness (QED) is 0.492. The summed E-state index contributed by atoms with van der Waals surface area (Å²) < 4.78 is 4.91. The second kappa shape index (κ2) is 9.06. The lowest BCUT2D eigenvalue weighted by Crippen LogP contribution is -2.52. The van der Waals surface area contributed by atoms with Crippen LogP contribution in [0.4, 0.5) is 0 Å². The average Bonchev–Trinajstić information content (AvgIpc) is 3.30. The van der Waals surface area contributed by atoms with Crippen molar-refractivity contribution in [3.05, 3.63) is 18.0 Å². The SMILES string of the molecule is CN=C(NCCCC1CCCC1)N1CCN(Cc2ccon2)CC1. The van der Waals surface area contributed by atoms with Crippen LogP contribution in [0.25, 0.3) is 0 Å². The molecule has 0 amide bonds. The lowest BCUT2D eigenvalue weighted by molar-refractivity contribution is 0.169. The van der Waals surface area contributed by atoms with E-state index in [0.717, 1.165) is 56.8 Å². The van der Waals surface area contributed by atoms with Gasteiger partial charge in [-0.15, -0.1) is 0 Å². The second-order valence-corrected chi connectivity index (χ2v) is 7.02. The van der Waals surface area contributed by atoms with Crippen LogP contribution in [0.5, 0.6) is 0 Å². The highest BCUT2D eigenvalue weighted by atomic mass is 16.5. The van der Waals surface area contributed by atoms with E-state index in [4.69, 9.17) is 4.52 Å². The van der Waals surface area contributed by atoms with Gasteiger partial charge in [-0.2, -0.15) is 0 Å². The summed E-state index contributed by atoms with van der Waals surface area (Å²) in [6.45, 7) is 6.02. The van der Waals surface area contributed by atoms with E-state index in [2.05, 4.69) is 25.3 Å². The molecule has 6 heteroatoms. The zero-order chi connectivity index (χ0) is 16.6. The number of aliphatic imine (C=N–C) groups is 1. The molecule has 1 N–H and O–H groups in total. The van der Waals surface area contributed by atoms with Gasteiger partial charge in [0.15, 0.2) is 5.96 Å². The molecule has 0 radical (unpaired) electrons. The number of piperazine rings is 1. The lowest BCUT2D eigenvalue weighted by Gasteiger charge is -2.36. The van der Waals surface area contributed by atoms with E-state index in [1.807, 2.05) is 13.1 Å². The number of nitrogens with zero attached hydrogens (tertiary/aromatic N) is 4. The van der Waals surface area contributed by atoms with Crippen molar-refractivity contribution in [3.63, 3.8) is 0 Å². The van der Waals surface area contributed by atoms with E-state index in [1.165, 1.54) is 38.5 Å². The summed E-state index contributed by atoms with van der Waals surface area (Å²) in [5.74, 6) is 2.04. The lowest BCUT2D eigenvalue weighted by atomic mass is 10.0. The summed E-state index contributed by atoms with van der Waals surface area (Å²) in [7, 11) is 1.89. The molecule has 24 heavy (non-hydrogen) atoms. The zero-order valence-corrected chi connectivity index (χ0v) is 14.9. The average molecular weight is 333 g/mol. The van der Waals surface area contributed by atoms with Gasteiger partial charge in [-0.05, 0) is 18.8 Å². The van der Waals surface area contributed by atoms with Crippen LogP contribution in [0, 0.1) is 5.92 Å². The molecule has 0 bridgehead atoms. The van der Waals surface area contributed by atoms with Crippen molar-refractivity contribution in [2.24, 2.45) is 10.9 Å². The van der Waals surface area contributed by atoms with Crippen molar-refractivity contribution in [3.8, 4) is 0 Å². The van der Waals surface area contributed by atoms with Gasteiger partial charge in [0.05, 0.1) is 5.69 Å². The molecule has 2 aliphatic rings. The summed E-state index contributed by atoms with van der Waals surface area (Å²) in [4.78, 5) is 9.26. The van der Waals surface area contributed by atoms with Crippen LogP contribution in [0.15, 0.2) is 21.8 Å².